The lowest BCUT2D eigenvalue weighted by Gasteiger charge is -2.22. The fraction of sp³-hybridized carbons (Fsp3) is 0.609. The lowest BCUT2D eigenvalue weighted by atomic mass is 9.91. The summed E-state index contributed by atoms with van der Waals surface area (Å²) in [5.41, 5.74) is 0. The fourth-order valence-electron chi connectivity index (χ4n) is 3.57. The van der Waals surface area contributed by atoms with Crippen LogP contribution in [0.5, 0.6) is 0 Å². The molecule has 9 heteroatoms. The third kappa shape index (κ3) is 8.44. The predicted molar refractivity (Wildman–Crippen MR) is 120 cm³/mol. The molecule has 0 saturated carbocycles. The highest BCUT2D eigenvalue weighted by molar-refractivity contribution is 7.89. The molecule has 178 valence electrons. The van der Waals surface area contributed by atoms with Gasteiger partial charge in [-0.05, 0) is 37.3 Å². The Morgan fingerprint density at radius 1 is 1.12 bits per heavy atom. The monoisotopic (exact) mass is 466 g/mol. The molecule has 0 aliphatic carbocycles. The molecule has 1 aliphatic heterocycles. The molecular formula is C23H34N2O6S. The Hall–Kier alpha value is -2.10. The second kappa shape index (κ2) is 12.8. The molecule has 1 aliphatic rings. The number of hydrogen-bond donors (Lipinski definition) is 2. The second-order valence-corrected chi connectivity index (χ2v) is 10.3. The van der Waals surface area contributed by atoms with Gasteiger partial charge < -0.3 is 10.1 Å². The molecule has 1 aromatic rings. The van der Waals surface area contributed by atoms with E-state index in [2.05, 4.69) is 10.0 Å². The van der Waals surface area contributed by atoms with Gasteiger partial charge in [0.05, 0.1) is 23.5 Å². The van der Waals surface area contributed by atoms with E-state index in [1.807, 2.05) is 13.8 Å². The van der Waals surface area contributed by atoms with Crippen LogP contribution in [0, 0.1) is 11.8 Å². The number of Topliss-reactive ketones (excluding diaryl/α,β-unsaturated/α-hetero) is 2. The maximum Gasteiger partial charge on any atom is 0.287 e. The maximum absolute atomic E-state index is 13.1. The number of amides is 1. The highest BCUT2D eigenvalue weighted by Gasteiger charge is 2.32. The van der Waals surface area contributed by atoms with E-state index in [1.54, 1.807) is 18.2 Å². The smallest absolute Gasteiger partial charge is 0.287 e. The number of ketones is 2. The Morgan fingerprint density at radius 2 is 1.81 bits per heavy atom. The molecule has 0 aromatic heterocycles. The maximum atomic E-state index is 13.1. The molecule has 2 rings (SSSR count). The van der Waals surface area contributed by atoms with Crippen LogP contribution in [0.25, 0.3) is 0 Å². The summed E-state index contributed by atoms with van der Waals surface area (Å²) in [7, 11) is -3.91. The van der Waals surface area contributed by atoms with Crippen LogP contribution in [-0.4, -0.2) is 51.7 Å². The Labute approximate surface area is 190 Å². The third-order valence-electron chi connectivity index (χ3n) is 5.31. The van der Waals surface area contributed by atoms with Gasteiger partial charge in [-0.2, -0.15) is 0 Å². The molecule has 1 saturated heterocycles. The molecule has 32 heavy (non-hydrogen) atoms. The van der Waals surface area contributed by atoms with E-state index >= 15 is 0 Å². The van der Waals surface area contributed by atoms with Crippen molar-refractivity contribution < 1.29 is 27.5 Å². The lowest BCUT2D eigenvalue weighted by Crippen LogP contribution is -2.44. The highest BCUT2D eigenvalue weighted by atomic mass is 32.2. The molecule has 1 fully saturated rings. The Balaban J connectivity index is 2.16. The first kappa shape index (κ1) is 26.2. The first-order chi connectivity index (χ1) is 15.2. The van der Waals surface area contributed by atoms with Crippen LogP contribution < -0.4 is 10.0 Å². The van der Waals surface area contributed by atoms with Gasteiger partial charge in [0.25, 0.3) is 5.91 Å². The van der Waals surface area contributed by atoms with Gasteiger partial charge in [-0.1, -0.05) is 44.9 Å². The van der Waals surface area contributed by atoms with E-state index in [0.717, 1.165) is 25.7 Å². The summed E-state index contributed by atoms with van der Waals surface area (Å²) in [6.07, 6.45) is 3.54. The van der Waals surface area contributed by atoms with Gasteiger partial charge in [-0.15, -0.1) is 0 Å². The summed E-state index contributed by atoms with van der Waals surface area (Å²) < 4.78 is 33.6. The number of rotatable bonds is 8. The third-order valence-corrected chi connectivity index (χ3v) is 6.80. The number of carbonyl (C=O) groups excluding carboxylic acids is 3. The average Bonchev–Trinajstić information content (AvgIpc) is 2.75. The number of benzene rings is 1. The van der Waals surface area contributed by atoms with E-state index < -0.39 is 39.5 Å². The van der Waals surface area contributed by atoms with Gasteiger partial charge in [0.2, 0.25) is 15.8 Å². The summed E-state index contributed by atoms with van der Waals surface area (Å²) in [6, 6.07) is 6.82. The fourth-order valence-corrected chi connectivity index (χ4v) is 4.82. The van der Waals surface area contributed by atoms with Crippen molar-refractivity contribution >= 4 is 27.5 Å². The van der Waals surface area contributed by atoms with Crippen molar-refractivity contribution in [2.45, 2.75) is 63.3 Å². The summed E-state index contributed by atoms with van der Waals surface area (Å²) in [5, 5.41) is 2.61. The highest BCUT2D eigenvalue weighted by Crippen LogP contribution is 2.17. The zero-order valence-electron chi connectivity index (χ0n) is 18.8. The van der Waals surface area contributed by atoms with Gasteiger partial charge >= 0.3 is 0 Å². The van der Waals surface area contributed by atoms with E-state index in [-0.39, 0.29) is 30.3 Å². The molecule has 2 atom stereocenters. The van der Waals surface area contributed by atoms with E-state index in [4.69, 9.17) is 4.74 Å². The first-order valence-electron chi connectivity index (χ1n) is 11.2. The molecule has 0 spiro atoms. The average molecular weight is 467 g/mol. The number of ether oxygens (including phenoxy) is 1. The minimum atomic E-state index is -3.91. The van der Waals surface area contributed by atoms with Crippen molar-refractivity contribution in [1.29, 1.82) is 0 Å². The summed E-state index contributed by atoms with van der Waals surface area (Å²) in [5.74, 6) is -2.77. The van der Waals surface area contributed by atoms with Crippen LogP contribution in [0.4, 0.5) is 0 Å². The van der Waals surface area contributed by atoms with Crippen LogP contribution in [0.1, 0.15) is 52.4 Å². The van der Waals surface area contributed by atoms with Crippen LogP contribution in [0.3, 0.4) is 0 Å². The van der Waals surface area contributed by atoms with Crippen LogP contribution in [0.2, 0.25) is 0 Å². The molecule has 1 amide bonds. The molecule has 0 radical (unpaired) electrons. The number of nitrogens with one attached hydrogen (secondary N) is 2. The van der Waals surface area contributed by atoms with Gasteiger partial charge in [0, 0.05) is 19.6 Å². The lowest BCUT2D eigenvalue weighted by molar-refractivity contribution is -0.142. The minimum Gasteiger partial charge on any atom is -0.381 e. The Bertz CT molecular complexity index is 870. The summed E-state index contributed by atoms with van der Waals surface area (Å²) in [4.78, 5) is 38.1. The van der Waals surface area contributed by atoms with Gasteiger partial charge in [-0.3, -0.25) is 14.4 Å². The van der Waals surface area contributed by atoms with Crippen molar-refractivity contribution in [3.63, 3.8) is 0 Å². The summed E-state index contributed by atoms with van der Waals surface area (Å²) >= 11 is 0. The minimum absolute atomic E-state index is 0.0361. The molecule has 2 N–H and O–H groups in total. The van der Waals surface area contributed by atoms with Crippen molar-refractivity contribution in [3.8, 4) is 0 Å². The SMILES string of the molecule is CC(C)CC(NS(=O)(=O)c1ccccc1)C(=O)CC1COCCCCCCNC(=O)C1=O. The van der Waals surface area contributed by atoms with Crippen LogP contribution >= 0.6 is 0 Å². The molecule has 0 bridgehead atoms. The van der Waals surface area contributed by atoms with Crippen molar-refractivity contribution in [1.82, 2.24) is 10.0 Å². The zero-order chi connectivity index (χ0) is 23.6. The van der Waals surface area contributed by atoms with Crippen molar-refractivity contribution in [2.75, 3.05) is 19.8 Å². The second-order valence-electron chi connectivity index (χ2n) is 8.59. The first-order valence-corrected chi connectivity index (χ1v) is 12.7. The number of sulfonamides is 1. The normalized spacial score (nSPS) is 20.2. The van der Waals surface area contributed by atoms with Crippen LogP contribution in [-0.2, 0) is 29.1 Å². The molecular weight excluding hydrogens is 432 g/mol. The zero-order valence-corrected chi connectivity index (χ0v) is 19.7. The number of hydrogen-bond acceptors (Lipinski definition) is 6. The Morgan fingerprint density at radius 3 is 2.50 bits per heavy atom. The van der Waals surface area contributed by atoms with Gasteiger partial charge in [0.15, 0.2) is 5.78 Å². The Kier molecular flexibility index (Phi) is 10.5. The topological polar surface area (TPSA) is 119 Å². The molecule has 8 nitrogen and oxygen atoms in total. The summed E-state index contributed by atoms with van der Waals surface area (Å²) in [6.45, 7) is 4.59. The van der Waals surface area contributed by atoms with Gasteiger partial charge in [0.1, 0.15) is 0 Å². The van der Waals surface area contributed by atoms with Crippen molar-refractivity contribution in [3.05, 3.63) is 30.3 Å². The number of carbonyl (C=O) groups is 3. The molecule has 1 heterocycles. The van der Waals surface area contributed by atoms with Gasteiger partial charge in [-0.25, -0.2) is 13.1 Å². The van der Waals surface area contributed by atoms with E-state index in [9.17, 15) is 22.8 Å². The van der Waals surface area contributed by atoms with Crippen molar-refractivity contribution in [2.24, 2.45) is 11.8 Å². The standard InChI is InChI=1S/C23H34N2O6S/c1-17(2)14-20(25-32(29,30)19-10-6-5-7-11-19)21(26)15-18-16-31-13-9-4-3-8-12-24-23(28)22(18)27/h5-7,10-11,17-18,20,25H,3-4,8-9,12-16H2,1-2H3,(H,24,28). The van der Waals surface area contributed by atoms with E-state index in [0.29, 0.717) is 13.2 Å². The predicted octanol–water partition coefficient (Wildman–Crippen LogP) is 2.23. The quantitative estimate of drug-likeness (QED) is 0.567. The van der Waals surface area contributed by atoms with Crippen LogP contribution in [0.15, 0.2) is 35.2 Å². The van der Waals surface area contributed by atoms with E-state index in [1.165, 1.54) is 12.1 Å². The molecule has 2 unspecified atom stereocenters. The molecule has 1 aromatic carbocycles. The largest absolute Gasteiger partial charge is 0.381 e.